The zero-order valence-electron chi connectivity index (χ0n) is 19.2. The van der Waals surface area contributed by atoms with E-state index < -0.39 is 0 Å². The van der Waals surface area contributed by atoms with E-state index in [0.717, 1.165) is 39.5 Å². The van der Waals surface area contributed by atoms with Gasteiger partial charge in [0.05, 0.1) is 5.69 Å². The summed E-state index contributed by atoms with van der Waals surface area (Å²) < 4.78 is 6.55. The average molecular weight is 430 g/mol. The number of allylic oxidation sites excluding steroid dienone is 1. The highest BCUT2D eigenvalue weighted by atomic mass is 16.5. The third kappa shape index (κ3) is 4.12. The van der Waals surface area contributed by atoms with Crippen molar-refractivity contribution in [1.29, 1.82) is 0 Å². The van der Waals surface area contributed by atoms with Crippen molar-refractivity contribution in [3.63, 3.8) is 0 Å². The smallest absolute Gasteiger partial charge is 0.140 e. The van der Waals surface area contributed by atoms with Crippen LogP contribution < -0.4 is 4.74 Å². The van der Waals surface area contributed by atoms with Crippen LogP contribution in [0.3, 0.4) is 0 Å². The maximum Gasteiger partial charge on any atom is 0.140 e. The van der Waals surface area contributed by atoms with E-state index in [0.29, 0.717) is 0 Å². The van der Waals surface area contributed by atoms with E-state index in [9.17, 15) is 0 Å². The Balaban J connectivity index is 1.75. The zero-order valence-corrected chi connectivity index (χ0v) is 19.2. The number of nitrogens with zero attached hydrogens (tertiary/aromatic N) is 1. The minimum atomic E-state index is 0.0286. The Labute approximate surface area is 195 Å². The van der Waals surface area contributed by atoms with E-state index in [-0.39, 0.29) is 5.92 Å². The number of hydrogen-bond donors (Lipinski definition) is 0. The summed E-state index contributed by atoms with van der Waals surface area (Å²) in [4.78, 5) is 4.96. The van der Waals surface area contributed by atoms with Crippen LogP contribution in [0.2, 0.25) is 0 Å². The number of aryl methyl sites for hydroxylation is 3. The van der Waals surface area contributed by atoms with Crippen LogP contribution in [0, 0.1) is 20.8 Å². The van der Waals surface area contributed by atoms with Gasteiger partial charge in [-0.1, -0.05) is 90.5 Å². The van der Waals surface area contributed by atoms with Gasteiger partial charge in [-0.05, 0) is 49.6 Å². The number of aliphatic imine (C=N–C) groups is 1. The molecule has 0 N–H and O–H groups in total. The highest BCUT2D eigenvalue weighted by Crippen LogP contribution is 2.46. The van der Waals surface area contributed by atoms with Crippen molar-refractivity contribution in [3.05, 3.63) is 136 Å². The van der Waals surface area contributed by atoms with E-state index in [1.807, 2.05) is 30.5 Å². The quantitative estimate of drug-likeness (QED) is 0.302. The Morgan fingerprint density at radius 1 is 0.697 bits per heavy atom. The van der Waals surface area contributed by atoms with Gasteiger partial charge in [0, 0.05) is 28.8 Å². The third-order valence-electron chi connectivity index (χ3n) is 6.25. The second-order valence-corrected chi connectivity index (χ2v) is 8.63. The van der Waals surface area contributed by atoms with Crippen LogP contribution in [0.1, 0.15) is 39.3 Å². The topological polar surface area (TPSA) is 21.6 Å². The Kier molecular flexibility index (Phi) is 5.66. The lowest BCUT2D eigenvalue weighted by atomic mass is 9.80. The summed E-state index contributed by atoms with van der Waals surface area (Å²) in [6.07, 6.45) is 2.01. The Hall–Kier alpha value is -3.91. The van der Waals surface area contributed by atoms with Crippen LogP contribution in [0.25, 0.3) is 5.76 Å². The summed E-state index contributed by atoms with van der Waals surface area (Å²) in [6, 6.07) is 33.6. The average Bonchev–Trinajstić information content (AvgIpc) is 2.84. The summed E-state index contributed by atoms with van der Waals surface area (Å²) in [7, 11) is 0. The van der Waals surface area contributed by atoms with E-state index >= 15 is 0 Å². The van der Waals surface area contributed by atoms with Crippen LogP contribution in [-0.2, 0) is 0 Å². The molecule has 1 heterocycles. The first-order valence-corrected chi connectivity index (χ1v) is 11.3. The van der Waals surface area contributed by atoms with Gasteiger partial charge in [0.2, 0.25) is 0 Å². The number of ether oxygens (including phenoxy) is 1. The normalized spacial score (nSPS) is 15.4. The number of para-hydroxylation sites is 1. The van der Waals surface area contributed by atoms with E-state index in [1.165, 1.54) is 16.7 Å². The van der Waals surface area contributed by atoms with Gasteiger partial charge in [0.1, 0.15) is 11.5 Å². The van der Waals surface area contributed by atoms with Crippen LogP contribution >= 0.6 is 0 Å². The Morgan fingerprint density at radius 3 is 2.15 bits per heavy atom. The SMILES string of the molecule is Cc1ccc(N=CC2=C(c3ccccc3)Oc3ccccc3[C@H]2c2ccccc2C)c(C)c1. The Bertz CT molecular complexity index is 1360. The maximum absolute atomic E-state index is 6.55. The lowest BCUT2D eigenvalue weighted by Gasteiger charge is -2.30. The first-order chi connectivity index (χ1) is 16.1. The molecule has 0 spiro atoms. The monoisotopic (exact) mass is 429 g/mol. The molecule has 0 aromatic heterocycles. The summed E-state index contributed by atoms with van der Waals surface area (Å²) in [5, 5.41) is 0. The Morgan fingerprint density at radius 2 is 1.39 bits per heavy atom. The molecule has 0 amide bonds. The molecule has 2 nitrogen and oxygen atoms in total. The molecule has 2 heteroatoms. The molecule has 0 unspecified atom stereocenters. The minimum Gasteiger partial charge on any atom is -0.456 e. The second-order valence-electron chi connectivity index (χ2n) is 8.63. The summed E-state index contributed by atoms with van der Waals surface area (Å²) in [6.45, 7) is 6.39. The molecule has 0 radical (unpaired) electrons. The lowest BCUT2D eigenvalue weighted by Crippen LogP contribution is -2.18. The highest BCUT2D eigenvalue weighted by molar-refractivity contribution is 5.95. The van der Waals surface area contributed by atoms with Gasteiger partial charge in [-0.3, -0.25) is 4.99 Å². The van der Waals surface area contributed by atoms with E-state index in [1.54, 1.807) is 0 Å². The predicted molar refractivity (Wildman–Crippen MR) is 138 cm³/mol. The van der Waals surface area contributed by atoms with Crippen LogP contribution in [0.4, 0.5) is 5.69 Å². The standard InChI is InChI=1S/C31H27NO/c1-21-17-18-28(23(3)19-21)32-20-27-30(25-14-8-7-11-22(25)2)26-15-9-10-16-29(26)33-31(27)24-12-5-4-6-13-24/h4-20,30H,1-3H3/t30-/m1/s1. The molecule has 162 valence electrons. The van der Waals surface area contributed by atoms with Gasteiger partial charge >= 0.3 is 0 Å². The first-order valence-electron chi connectivity index (χ1n) is 11.3. The molecular weight excluding hydrogens is 402 g/mol. The van der Waals surface area contributed by atoms with Crippen molar-refractivity contribution >= 4 is 17.7 Å². The first kappa shape index (κ1) is 21.0. The molecular formula is C31H27NO. The van der Waals surface area contributed by atoms with E-state index in [2.05, 4.69) is 93.6 Å². The van der Waals surface area contributed by atoms with Crippen LogP contribution in [0.15, 0.2) is 108 Å². The van der Waals surface area contributed by atoms with Gasteiger partial charge in [0.25, 0.3) is 0 Å². The van der Waals surface area contributed by atoms with Gasteiger partial charge in [0.15, 0.2) is 0 Å². The molecule has 0 fully saturated rings. The largest absolute Gasteiger partial charge is 0.456 e. The summed E-state index contributed by atoms with van der Waals surface area (Å²) in [5.74, 6) is 1.78. The van der Waals surface area contributed by atoms with Crippen molar-refractivity contribution < 1.29 is 4.74 Å². The van der Waals surface area contributed by atoms with Crippen LogP contribution in [0.5, 0.6) is 5.75 Å². The number of hydrogen-bond acceptors (Lipinski definition) is 2. The molecule has 0 aliphatic carbocycles. The van der Waals surface area contributed by atoms with Gasteiger partial charge in [-0.2, -0.15) is 0 Å². The number of rotatable bonds is 4. The molecule has 5 rings (SSSR count). The molecule has 33 heavy (non-hydrogen) atoms. The number of benzene rings is 4. The molecule has 1 atom stereocenters. The molecule has 0 saturated carbocycles. The molecule has 4 aromatic rings. The fraction of sp³-hybridized carbons (Fsp3) is 0.129. The van der Waals surface area contributed by atoms with Gasteiger partial charge in [-0.15, -0.1) is 0 Å². The fourth-order valence-corrected chi connectivity index (χ4v) is 4.56. The van der Waals surface area contributed by atoms with Crippen LogP contribution in [-0.4, -0.2) is 6.21 Å². The molecule has 4 aromatic carbocycles. The lowest BCUT2D eigenvalue weighted by molar-refractivity contribution is 0.489. The van der Waals surface area contributed by atoms with Gasteiger partial charge < -0.3 is 4.74 Å². The summed E-state index contributed by atoms with van der Waals surface area (Å²) >= 11 is 0. The molecule has 1 aliphatic heterocycles. The fourth-order valence-electron chi connectivity index (χ4n) is 4.56. The minimum absolute atomic E-state index is 0.0286. The van der Waals surface area contributed by atoms with Crippen molar-refractivity contribution in [3.8, 4) is 5.75 Å². The van der Waals surface area contributed by atoms with Crippen molar-refractivity contribution in [2.75, 3.05) is 0 Å². The van der Waals surface area contributed by atoms with E-state index in [4.69, 9.17) is 9.73 Å². The number of fused-ring (bicyclic) bond motifs is 1. The predicted octanol–water partition coefficient (Wildman–Crippen LogP) is 7.95. The molecule has 1 aliphatic rings. The summed E-state index contributed by atoms with van der Waals surface area (Å²) in [5.41, 5.74) is 9.17. The molecule has 0 saturated heterocycles. The maximum atomic E-state index is 6.55. The third-order valence-corrected chi connectivity index (χ3v) is 6.25. The van der Waals surface area contributed by atoms with Crippen molar-refractivity contribution in [1.82, 2.24) is 0 Å². The highest BCUT2D eigenvalue weighted by Gasteiger charge is 2.31. The van der Waals surface area contributed by atoms with Gasteiger partial charge in [-0.25, -0.2) is 0 Å². The zero-order chi connectivity index (χ0) is 22.8. The van der Waals surface area contributed by atoms with Crippen molar-refractivity contribution in [2.45, 2.75) is 26.7 Å². The second kappa shape index (κ2) is 8.91. The van der Waals surface area contributed by atoms with Crippen molar-refractivity contribution in [2.24, 2.45) is 4.99 Å². The molecule has 0 bridgehead atoms.